The van der Waals surface area contributed by atoms with E-state index in [4.69, 9.17) is 0 Å². The molecule has 1 aromatic rings. The molecule has 2 fully saturated rings. The van der Waals surface area contributed by atoms with Gasteiger partial charge in [0.25, 0.3) is 0 Å². The van der Waals surface area contributed by atoms with Crippen LogP contribution < -0.4 is 5.32 Å². The minimum Gasteiger partial charge on any atom is -0.315 e. The molecule has 2 aliphatic rings. The second kappa shape index (κ2) is 4.56. The predicted molar refractivity (Wildman–Crippen MR) is 66.4 cm³/mol. The highest BCUT2D eigenvalue weighted by molar-refractivity contribution is 5.20. The summed E-state index contributed by atoms with van der Waals surface area (Å²) in [6.45, 7) is 3.66. The third-order valence-corrected chi connectivity index (χ3v) is 3.98. The van der Waals surface area contributed by atoms with E-state index in [9.17, 15) is 0 Å². The summed E-state index contributed by atoms with van der Waals surface area (Å²) in [4.78, 5) is 2.72. The van der Waals surface area contributed by atoms with Gasteiger partial charge in [-0.25, -0.2) is 0 Å². The van der Waals surface area contributed by atoms with E-state index in [1.165, 1.54) is 44.5 Å². The smallest absolute Gasteiger partial charge is 0.0352 e. The lowest BCUT2D eigenvalue weighted by Gasteiger charge is -2.30. The highest BCUT2D eigenvalue weighted by Crippen LogP contribution is 2.34. The van der Waals surface area contributed by atoms with Gasteiger partial charge in [-0.1, -0.05) is 30.3 Å². The molecule has 0 saturated carbocycles. The number of nitrogens with zero attached hydrogens (tertiary/aromatic N) is 1. The molecule has 2 aliphatic heterocycles. The first-order chi connectivity index (χ1) is 7.95. The summed E-state index contributed by atoms with van der Waals surface area (Å²) in [6, 6.07) is 12.5. The summed E-state index contributed by atoms with van der Waals surface area (Å²) in [6.07, 6.45) is 4.01. The van der Waals surface area contributed by atoms with Crippen LogP contribution in [-0.4, -0.2) is 30.6 Å². The second-order valence-electron chi connectivity index (χ2n) is 4.95. The number of hydrogen-bond acceptors (Lipinski definition) is 2. The Kier molecular flexibility index (Phi) is 2.94. The molecule has 2 nitrogen and oxygen atoms in total. The zero-order valence-corrected chi connectivity index (χ0v) is 9.73. The Hall–Kier alpha value is -0.860. The minimum atomic E-state index is 0.672. The molecule has 0 amide bonds. The maximum atomic E-state index is 3.48. The summed E-state index contributed by atoms with van der Waals surface area (Å²) in [5, 5.41) is 3.48. The zero-order chi connectivity index (χ0) is 10.8. The average molecular weight is 216 g/mol. The molecule has 0 spiro atoms. The van der Waals surface area contributed by atoms with Crippen LogP contribution in [0.5, 0.6) is 0 Å². The van der Waals surface area contributed by atoms with E-state index in [2.05, 4.69) is 40.5 Å². The van der Waals surface area contributed by atoms with Crippen molar-refractivity contribution in [2.45, 2.75) is 31.3 Å². The van der Waals surface area contributed by atoms with Crippen molar-refractivity contribution in [1.29, 1.82) is 0 Å². The number of nitrogens with one attached hydrogen (secondary N) is 1. The number of likely N-dealkylation sites (tertiary alicyclic amines) is 1. The van der Waals surface area contributed by atoms with Gasteiger partial charge in [0.05, 0.1) is 0 Å². The Balaban J connectivity index is 1.78. The van der Waals surface area contributed by atoms with Crippen LogP contribution in [0.15, 0.2) is 30.3 Å². The Morgan fingerprint density at radius 2 is 2.00 bits per heavy atom. The normalized spacial score (nSPS) is 31.0. The van der Waals surface area contributed by atoms with Crippen LogP contribution in [-0.2, 0) is 0 Å². The molecule has 0 aromatic heterocycles. The summed E-state index contributed by atoms with van der Waals surface area (Å²) >= 11 is 0. The predicted octanol–water partition coefficient (Wildman–Crippen LogP) is 2.19. The van der Waals surface area contributed by atoms with Crippen molar-refractivity contribution in [3.05, 3.63) is 35.9 Å². The van der Waals surface area contributed by atoms with Gasteiger partial charge in [0.15, 0.2) is 0 Å². The number of rotatable bonds is 2. The third kappa shape index (κ3) is 1.87. The zero-order valence-electron chi connectivity index (χ0n) is 9.73. The van der Waals surface area contributed by atoms with Crippen LogP contribution in [0.1, 0.15) is 30.9 Å². The molecule has 2 unspecified atom stereocenters. The van der Waals surface area contributed by atoms with Gasteiger partial charge in [-0.3, -0.25) is 4.90 Å². The first-order valence-electron chi connectivity index (χ1n) is 6.46. The quantitative estimate of drug-likeness (QED) is 0.815. The van der Waals surface area contributed by atoms with E-state index in [0.29, 0.717) is 6.04 Å². The van der Waals surface area contributed by atoms with Gasteiger partial charge in [0.2, 0.25) is 0 Å². The molecule has 2 atom stereocenters. The molecule has 16 heavy (non-hydrogen) atoms. The molecular weight excluding hydrogens is 196 g/mol. The van der Waals surface area contributed by atoms with Crippen molar-refractivity contribution < 1.29 is 0 Å². The largest absolute Gasteiger partial charge is 0.315 e. The lowest BCUT2D eigenvalue weighted by Crippen LogP contribution is -2.36. The van der Waals surface area contributed by atoms with Gasteiger partial charge < -0.3 is 5.32 Å². The molecule has 2 saturated heterocycles. The Morgan fingerprint density at radius 1 is 1.12 bits per heavy atom. The molecule has 2 heterocycles. The van der Waals surface area contributed by atoms with Crippen LogP contribution in [0, 0.1) is 0 Å². The molecule has 0 radical (unpaired) electrons. The van der Waals surface area contributed by atoms with E-state index >= 15 is 0 Å². The molecule has 0 bridgehead atoms. The van der Waals surface area contributed by atoms with Crippen LogP contribution >= 0.6 is 0 Å². The topological polar surface area (TPSA) is 15.3 Å². The van der Waals surface area contributed by atoms with E-state index in [-0.39, 0.29) is 0 Å². The van der Waals surface area contributed by atoms with Crippen LogP contribution in [0.2, 0.25) is 0 Å². The summed E-state index contributed by atoms with van der Waals surface area (Å²) in [5.74, 6) is 0. The first-order valence-corrected chi connectivity index (χ1v) is 6.46. The van der Waals surface area contributed by atoms with Gasteiger partial charge in [-0.2, -0.15) is 0 Å². The lowest BCUT2D eigenvalue weighted by atomic mass is 10.0. The van der Waals surface area contributed by atoms with E-state index < -0.39 is 0 Å². The maximum absolute atomic E-state index is 3.48. The molecule has 3 rings (SSSR count). The number of hydrogen-bond donors (Lipinski definition) is 1. The van der Waals surface area contributed by atoms with Crippen molar-refractivity contribution in [3.8, 4) is 0 Å². The van der Waals surface area contributed by atoms with Crippen molar-refractivity contribution in [3.63, 3.8) is 0 Å². The SMILES string of the molecule is c1ccc(C2CCCN2C2CCNC2)cc1. The monoisotopic (exact) mass is 216 g/mol. The maximum Gasteiger partial charge on any atom is 0.0352 e. The van der Waals surface area contributed by atoms with Crippen molar-refractivity contribution in [2.24, 2.45) is 0 Å². The molecular formula is C14H20N2. The Labute approximate surface area is 97.6 Å². The highest BCUT2D eigenvalue weighted by atomic mass is 15.2. The molecule has 2 heteroatoms. The fraction of sp³-hybridized carbons (Fsp3) is 0.571. The molecule has 86 valence electrons. The van der Waals surface area contributed by atoms with Crippen LogP contribution in [0.25, 0.3) is 0 Å². The lowest BCUT2D eigenvalue weighted by molar-refractivity contribution is 0.192. The standard InChI is InChI=1S/C14H20N2/c1-2-5-12(6-3-1)14-7-4-10-16(14)13-8-9-15-11-13/h1-3,5-6,13-15H,4,7-11H2. The molecule has 1 N–H and O–H groups in total. The molecule has 1 aromatic carbocycles. The van der Waals surface area contributed by atoms with Crippen molar-refractivity contribution in [1.82, 2.24) is 10.2 Å². The first kappa shape index (κ1) is 10.3. The van der Waals surface area contributed by atoms with Crippen molar-refractivity contribution >= 4 is 0 Å². The fourth-order valence-corrected chi connectivity index (χ4v) is 3.18. The summed E-state index contributed by atoms with van der Waals surface area (Å²) < 4.78 is 0. The fourth-order valence-electron chi connectivity index (χ4n) is 3.18. The highest BCUT2D eigenvalue weighted by Gasteiger charge is 2.32. The van der Waals surface area contributed by atoms with Gasteiger partial charge in [0.1, 0.15) is 0 Å². The van der Waals surface area contributed by atoms with E-state index in [1.54, 1.807) is 0 Å². The average Bonchev–Trinajstić information content (AvgIpc) is 3.01. The molecule has 0 aliphatic carbocycles. The second-order valence-corrected chi connectivity index (χ2v) is 4.95. The summed E-state index contributed by atoms with van der Waals surface area (Å²) in [5.41, 5.74) is 1.51. The van der Waals surface area contributed by atoms with Gasteiger partial charge in [-0.15, -0.1) is 0 Å². The van der Waals surface area contributed by atoms with Gasteiger partial charge in [-0.05, 0) is 37.9 Å². The number of benzene rings is 1. The Morgan fingerprint density at radius 3 is 2.75 bits per heavy atom. The van der Waals surface area contributed by atoms with Gasteiger partial charge in [0, 0.05) is 18.6 Å². The Bertz CT molecular complexity index is 330. The van der Waals surface area contributed by atoms with Crippen molar-refractivity contribution in [2.75, 3.05) is 19.6 Å². The minimum absolute atomic E-state index is 0.672. The third-order valence-electron chi connectivity index (χ3n) is 3.98. The van der Waals surface area contributed by atoms with E-state index in [1.807, 2.05) is 0 Å². The van der Waals surface area contributed by atoms with Crippen LogP contribution in [0.3, 0.4) is 0 Å². The van der Waals surface area contributed by atoms with Crippen LogP contribution in [0.4, 0.5) is 0 Å². The summed E-state index contributed by atoms with van der Waals surface area (Å²) in [7, 11) is 0. The van der Waals surface area contributed by atoms with Gasteiger partial charge >= 0.3 is 0 Å². The van der Waals surface area contributed by atoms with E-state index in [0.717, 1.165) is 6.04 Å².